The van der Waals surface area contributed by atoms with Crippen LogP contribution in [-0.4, -0.2) is 37.2 Å². The largest absolute Gasteiger partial charge is 0.378 e. The first-order valence-electron chi connectivity index (χ1n) is 8.09. The van der Waals surface area contributed by atoms with E-state index in [2.05, 4.69) is 15.2 Å². The van der Waals surface area contributed by atoms with Crippen LogP contribution in [0.3, 0.4) is 0 Å². The molecule has 1 N–H and O–H groups in total. The van der Waals surface area contributed by atoms with Crippen molar-refractivity contribution in [2.75, 3.05) is 31.2 Å². The number of hydrogen-bond acceptors (Lipinski definition) is 4. The molecule has 25 heavy (non-hydrogen) atoms. The van der Waals surface area contributed by atoms with Crippen LogP contribution in [-0.2, 0) is 4.74 Å². The molecular formula is C18H19Cl2N3O2. The highest BCUT2D eigenvalue weighted by molar-refractivity contribution is 6.42. The maximum Gasteiger partial charge on any atom is 0.253 e. The third kappa shape index (κ3) is 4.42. The summed E-state index contributed by atoms with van der Waals surface area (Å²) in [6.45, 7) is 4.92. The second-order valence-electron chi connectivity index (χ2n) is 5.87. The number of benzene rings is 1. The third-order valence-electron chi connectivity index (χ3n) is 4.14. The van der Waals surface area contributed by atoms with Gasteiger partial charge in [0.15, 0.2) is 0 Å². The molecule has 1 aromatic carbocycles. The number of aromatic nitrogens is 1. The number of carbonyl (C=O) groups is 1. The number of morpholine rings is 1. The van der Waals surface area contributed by atoms with E-state index < -0.39 is 0 Å². The summed E-state index contributed by atoms with van der Waals surface area (Å²) in [5.74, 6) is 0.678. The van der Waals surface area contributed by atoms with Crippen LogP contribution < -0.4 is 10.2 Å². The molecule has 1 atom stereocenters. The van der Waals surface area contributed by atoms with Crippen LogP contribution >= 0.6 is 23.2 Å². The number of nitrogens with one attached hydrogen (secondary N) is 1. The SMILES string of the molecule is C[C@H](NC(=O)c1ccc(N2CCOCC2)nc1)c1ccc(Cl)c(Cl)c1. The Morgan fingerprint density at radius 1 is 1.20 bits per heavy atom. The highest BCUT2D eigenvalue weighted by Gasteiger charge is 2.15. The van der Waals surface area contributed by atoms with E-state index in [1.165, 1.54) is 0 Å². The van der Waals surface area contributed by atoms with Crippen molar-refractivity contribution < 1.29 is 9.53 Å². The molecule has 0 saturated carbocycles. The highest BCUT2D eigenvalue weighted by Crippen LogP contribution is 2.25. The van der Waals surface area contributed by atoms with Crippen molar-refractivity contribution in [1.29, 1.82) is 0 Å². The molecule has 1 amide bonds. The summed E-state index contributed by atoms with van der Waals surface area (Å²) < 4.78 is 5.33. The first kappa shape index (κ1) is 18.0. The van der Waals surface area contributed by atoms with Crippen molar-refractivity contribution in [3.8, 4) is 0 Å². The summed E-state index contributed by atoms with van der Waals surface area (Å²) in [5, 5.41) is 3.91. The number of rotatable bonds is 4. The average Bonchev–Trinajstić information content (AvgIpc) is 2.64. The van der Waals surface area contributed by atoms with Gasteiger partial charge < -0.3 is 15.0 Å². The summed E-state index contributed by atoms with van der Waals surface area (Å²) >= 11 is 12.0. The van der Waals surface area contributed by atoms with E-state index in [-0.39, 0.29) is 11.9 Å². The average molecular weight is 380 g/mol. The Labute approximate surface area is 156 Å². The Morgan fingerprint density at radius 2 is 1.96 bits per heavy atom. The van der Waals surface area contributed by atoms with Gasteiger partial charge in [-0.3, -0.25) is 4.79 Å². The molecule has 1 saturated heterocycles. The summed E-state index contributed by atoms with van der Waals surface area (Å²) in [4.78, 5) is 19.0. The van der Waals surface area contributed by atoms with Crippen LogP contribution in [0.25, 0.3) is 0 Å². The molecule has 2 heterocycles. The van der Waals surface area contributed by atoms with Gasteiger partial charge in [0.25, 0.3) is 5.91 Å². The van der Waals surface area contributed by atoms with Crippen LogP contribution in [0.2, 0.25) is 10.0 Å². The number of halogens is 2. The summed E-state index contributed by atoms with van der Waals surface area (Å²) in [6.07, 6.45) is 1.60. The summed E-state index contributed by atoms with van der Waals surface area (Å²) in [7, 11) is 0. The van der Waals surface area contributed by atoms with E-state index in [4.69, 9.17) is 27.9 Å². The van der Waals surface area contributed by atoms with Crippen LogP contribution in [0, 0.1) is 0 Å². The molecule has 0 spiro atoms. The number of carbonyl (C=O) groups excluding carboxylic acids is 1. The van der Waals surface area contributed by atoms with Crippen LogP contribution in [0.15, 0.2) is 36.5 Å². The molecule has 132 valence electrons. The Kier molecular flexibility index (Phi) is 5.78. The zero-order chi connectivity index (χ0) is 17.8. The fraction of sp³-hybridized carbons (Fsp3) is 0.333. The quantitative estimate of drug-likeness (QED) is 0.879. The lowest BCUT2D eigenvalue weighted by Gasteiger charge is -2.27. The molecule has 1 fully saturated rings. The molecule has 0 aliphatic carbocycles. The molecule has 3 rings (SSSR count). The lowest BCUT2D eigenvalue weighted by Crippen LogP contribution is -2.36. The molecule has 0 radical (unpaired) electrons. The van der Waals surface area contributed by atoms with E-state index in [9.17, 15) is 4.79 Å². The monoisotopic (exact) mass is 379 g/mol. The van der Waals surface area contributed by atoms with E-state index >= 15 is 0 Å². The minimum atomic E-state index is -0.193. The van der Waals surface area contributed by atoms with E-state index in [1.807, 2.05) is 19.1 Å². The van der Waals surface area contributed by atoms with Gasteiger partial charge in [-0.05, 0) is 36.8 Å². The third-order valence-corrected chi connectivity index (χ3v) is 4.88. The fourth-order valence-corrected chi connectivity index (χ4v) is 2.95. The number of pyridine rings is 1. The second-order valence-corrected chi connectivity index (χ2v) is 6.69. The second kappa shape index (κ2) is 8.04. The number of amides is 1. The predicted octanol–water partition coefficient (Wildman–Crippen LogP) is 3.72. The lowest BCUT2D eigenvalue weighted by atomic mass is 10.1. The highest BCUT2D eigenvalue weighted by atomic mass is 35.5. The van der Waals surface area contributed by atoms with Gasteiger partial charge in [-0.2, -0.15) is 0 Å². The molecule has 1 aliphatic rings. The predicted molar refractivity (Wildman–Crippen MR) is 99.6 cm³/mol. The maximum absolute atomic E-state index is 12.4. The Balaban J connectivity index is 1.65. The van der Waals surface area contributed by atoms with Gasteiger partial charge in [-0.15, -0.1) is 0 Å². The minimum absolute atomic E-state index is 0.181. The number of anilines is 1. The molecule has 1 aliphatic heterocycles. The summed E-state index contributed by atoms with van der Waals surface area (Å²) in [6, 6.07) is 8.79. The first-order chi connectivity index (χ1) is 12.0. The first-order valence-corrected chi connectivity index (χ1v) is 8.85. The van der Waals surface area contributed by atoms with E-state index in [1.54, 1.807) is 24.4 Å². The van der Waals surface area contributed by atoms with Gasteiger partial charge in [0.05, 0.1) is 34.9 Å². The molecule has 2 aromatic rings. The molecule has 1 aromatic heterocycles. The number of hydrogen-bond donors (Lipinski definition) is 1. The smallest absolute Gasteiger partial charge is 0.253 e. The molecule has 0 unspecified atom stereocenters. The fourth-order valence-electron chi connectivity index (χ4n) is 2.64. The minimum Gasteiger partial charge on any atom is -0.378 e. The van der Waals surface area contributed by atoms with E-state index in [0.29, 0.717) is 28.8 Å². The van der Waals surface area contributed by atoms with Gasteiger partial charge in [0.2, 0.25) is 0 Å². The zero-order valence-electron chi connectivity index (χ0n) is 13.8. The molecular weight excluding hydrogens is 361 g/mol. The number of nitrogens with zero attached hydrogens (tertiary/aromatic N) is 2. The van der Waals surface area contributed by atoms with Gasteiger partial charge in [-0.1, -0.05) is 29.3 Å². The van der Waals surface area contributed by atoms with Crippen molar-refractivity contribution in [3.05, 3.63) is 57.7 Å². The van der Waals surface area contributed by atoms with Crippen molar-refractivity contribution in [1.82, 2.24) is 10.3 Å². The lowest BCUT2D eigenvalue weighted by molar-refractivity contribution is 0.0939. The summed E-state index contributed by atoms with van der Waals surface area (Å²) in [5.41, 5.74) is 1.41. The van der Waals surface area contributed by atoms with Crippen LogP contribution in [0.1, 0.15) is 28.9 Å². The molecule has 0 bridgehead atoms. The Hall–Kier alpha value is -1.82. The molecule has 5 nitrogen and oxygen atoms in total. The van der Waals surface area contributed by atoms with Crippen LogP contribution in [0.4, 0.5) is 5.82 Å². The standard InChI is InChI=1S/C18H19Cl2N3O2/c1-12(13-2-4-15(19)16(20)10-13)22-18(24)14-3-5-17(21-11-14)23-6-8-25-9-7-23/h2-5,10-12H,6-9H2,1H3,(H,22,24)/t12-/m0/s1. The van der Waals surface area contributed by atoms with Gasteiger partial charge >= 0.3 is 0 Å². The van der Waals surface area contributed by atoms with Crippen molar-refractivity contribution in [3.63, 3.8) is 0 Å². The van der Waals surface area contributed by atoms with E-state index in [0.717, 1.165) is 24.5 Å². The Morgan fingerprint density at radius 3 is 2.60 bits per heavy atom. The zero-order valence-corrected chi connectivity index (χ0v) is 15.3. The van der Waals surface area contributed by atoms with Gasteiger partial charge in [-0.25, -0.2) is 4.98 Å². The van der Waals surface area contributed by atoms with Crippen molar-refractivity contribution in [2.24, 2.45) is 0 Å². The van der Waals surface area contributed by atoms with Crippen molar-refractivity contribution >= 4 is 34.9 Å². The maximum atomic E-state index is 12.4. The van der Waals surface area contributed by atoms with Crippen molar-refractivity contribution in [2.45, 2.75) is 13.0 Å². The van der Waals surface area contributed by atoms with Gasteiger partial charge in [0.1, 0.15) is 5.82 Å². The Bertz CT molecular complexity index is 746. The van der Waals surface area contributed by atoms with Gasteiger partial charge in [0, 0.05) is 19.3 Å². The number of ether oxygens (including phenoxy) is 1. The topological polar surface area (TPSA) is 54.5 Å². The normalized spacial score (nSPS) is 15.7. The molecule has 7 heteroatoms. The van der Waals surface area contributed by atoms with Crippen LogP contribution in [0.5, 0.6) is 0 Å².